The van der Waals surface area contributed by atoms with Gasteiger partial charge in [-0.3, -0.25) is 9.69 Å². The van der Waals surface area contributed by atoms with Crippen molar-refractivity contribution in [3.05, 3.63) is 46.1 Å². The van der Waals surface area contributed by atoms with Crippen molar-refractivity contribution >= 4 is 23.3 Å². The van der Waals surface area contributed by atoms with E-state index in [1.807, 2.05) is 17.0 Å². The Balaban J connectivity index is 1.33. The molecular weight excluding hydrogens is 473 g/mol. The van der Waals surface area contributed by atoms with E-state index in [-0.39, 0.29) is 10.9 Å². The Hall–Kier alpha value is -2.72. The molecule has 0 radical (unpaired) electrons. The molecule has 2 aromatic rings. The van der Waals surface area contributed by atoms with Gasteiger partial charge in [-0.25, -0.2) is 4.98 Å². The first kappa shape index (κ1) is 24.4. The predicted molar refractivity (Wildman–Crippen MR) is 122 cm³/mol. The SMILES string of the molecule is COc1cc2c(cc1OC)CN(CC(=O)N1CCN(c3ncc(C(F)(F)F)cc3Cl)CC1)CC2. The third-order valence-electron chi connectivity index (χ3n) is 6.24. The van der Waals surface area contributed by atoms with Gasteiger partial charge >= 0.3 is 6.18 Å². The Morgan fingerprint density at radius 2 is 1.68 bits per heavy atom. The van der Waals surface area contributed by atoms with Gasteiger partial charge in [0.1, 0.15) is 5.82 Å². The quantitative estimate of drug-likeness (QED) is 0.629. The maximum absolute atomic E-state index is 12.9. The van der Waals surface area contributed by atoms with Crippen molar-refractivity contribution in [2.45, 2.75) is 19.1 Å². The van der Waals surface area contributed by atoms with Gasteiger partial charge in [0.2, 0.25) is 5.91 Å². The number of carbonyl (C=O) groups is 1. The van der Waals surface area contributed by atoms with E-state index in [0.717, 1.165) is 30.8 Å². The number of pyridine rings is 1. The number of anilines is 1. The second-order valence-corrected chi connectivity index (χ2v) is 8.74. The topological polar surface area (TPSA) is 58.1 Å². The average molecular weight is 499 g/mol. The minimum atomic E-state index is -4.49. The lowest BCUT2D eigenvalue weighted by Crippen LogP contribution is -2.51. The van der Waals surface area contributed by atoms with Crippen molar-refractivity contribution in [2.75, 3.05) is 58.4 Å². The molecule has 184 valence electrons. The van der Waals surface area contributed by atoms with E-state index in [0.29, 0.717) is 56.6 Å². The van der Waals surface area contributed by atoms with Crippen molar-refractivity contribution in [3.8, 4) is 11.5 Å². The van der Waals surface area contributed by atoms with Gasteiger partial charge in [-0.2, -0.15) is 13.2 Å². The standard InChI is InChI=1S/C23H26ClF3N4O3/c1-33-19-9-15-3-4-29(13-16(15)10-20(19)34-2)14-21(32)30-5-7-31(8-6-30)22-18(24)11-17(12-28-22)23(25,26)27/h9-12H,3-8,13-14H2,1-2H3. The van der Waals surface area contributed by atoms with Crippen LogP contribution in [-0.4, -0.2) is 74.2 Å². The highest BCUT2D eigenvalue weighted by atomic mass is 35.5. The lowest BCUT2D eigenvalue weighted by Gasteiger charge is -2.37. The molecule has 1 saturated heterocycles. The van der Waals surface area contributed by atoms with E-state index < -0.39 is 11.7 Å². The lowest BCUT2D eigenvalue weighted by atomic mass is 9.98. The van der Waals surface area contributed by atoms with Gasteiger partial charge in [-0.1, -0.05) is 11.6 Å². The molecule has 1 aromatic carbocycles. The highest BCUT2D eigenvalue weighted by molar-refractivity contribution is 6.33. The maximum Gasteiger partial charge on any atom is 0.417 e. The van der Waals surface area contributed by atoms with Crippen molar-refractivity contribution in [2.24, 2.45) is 0 Å². The molecule has 2 aliphatic heterocycles. The third kappa shape index (κ3) is 5.17. The van der Waals surface area contributed by atoms with Crippen LogP contribution in [-0.2, 0) is 23.9 Å². The first-order chi connectivity index (χ1) is 16.2. The largest absolute Gasteiger partial charge is 0.493 e. The van der Waals surface area contributed by atoms with Gasteiger partial charge in [-0.15, -0.1) is 0 Å². The summed E-state index contributed by atoms with van der Waals surface area (Å²) in [6.07, 6.45) is -2.89. The van der Waals surface area contributed by atoms with E-state index in [1.54, 1.807) is 19.1 Å². The first-order valence-electron chi connectivity index (χ1n) is 10.9. The van der Waals surface area contributed by atoms with Crippen molar-refractivity contribution in [3.63, 3.8) is 0 Å². The Morgan fingerprint density at radius 3 is 2.26 bits per heavy atom. The number of aromatic nitrogens is 1. The number of ether oxygens (including phenoxy) is 2. The molecule has 3 heterocycles. The fourth-order valence-electron chi connectivity index (χ4n) is 4.35. The Kier molecular flexibility index (Phi) is 7.09. The van der Waals surface area contributed by atoms with E-state index in [1.165, 1.54) is 5.56 Å². The minimum Gasteiger partial charge on any atom is -0.493 e. The summed E-state index contributed by atoms with van der Waals surface area (Å²) < 4.78 is 49.3. The van der Waals surface area contributed by atoms with Gasteiger partial charge in [0.05, 0.1) is 31.4 Å². The molecule has 1 fully saturated rings. The zero-order valence-corrected chi connectivity index (χ0v) is 19.7. The lowest BCUT2D eigenvalue weighted by molar-refractivity contribution is -0.138. The molecule has 34 heavy (non-hydrogen) atoms. The Morgan fingerprint density at radius 1 is 1.03 bits per heavy atom. The van der Waals surface area contributed by atoms with E-state index >= 15 is 0 Å². The number of halogens is 4. The molecule has 1 amide bonds. The van der Waals surface area contributed by atoms with Crippen molar-refractivity contribution < 1.29 is 27.4 Å². The van der Waals surface area contributed by atoms with Gasteiger partial charge in [-0.05, 0) is 35.7 Å². The molecule has 0 spiro atoms. The van der Waals surface area contributed by atoms with Gasteiger partial charge < -0.3 is 19.3 Å². The van der Waals surface area contributed by atoms with E-state index in [2.05, 4.69) is 9.88 Å². The van der Waals surface area contributed by atoms with Crippen LogP contribution in [0.5, 0.6) is 11.5 Å². The number of hydrogen-bond acceptors (Lipinski definition) is 6. The molecule has 0 bridgehead atoms. The number of hydrogen-bond donors (Lipinski definition) is 0. The molecule has 4 rings (SSSR count). The number of methoxy groups -OCH3 is 2. The molecule has 0 atom stereocenters. The minimum absolute atomic E-state index is 0.0232. The van der Waals surface area contributed by atoms with Gasteiger partial charge in [0.25, 0.3) is 0 Å². The highest BCUT2D eigenvalue weighted by Gasteiger charge is 2.33. The van der Waals surface area contributed by atoms with Crippen LogP contribution in [0.15, 0.2) is 24.4 Å². The highest BCUT2D eigenvalue weighted by Crippen LogP contribution is 2.34. The van der Waals surface area contributed by atoms with Crippen LogP contribution in [0.4, 0.5) is 19.0 Å². The number of piperazine rings is 1. The zero-order chi connectivity index (χ0) is 24.5. The summed E-state index contributed by atoms with van der Waals surface area (Å²) >= 11 is 6.07. The number of benzene rings is 1. The Labute approximate surface area is 201 Å². The second-order valence-electron chi connectivity index (χ2n) is 8.33. The monoisotopic (exact) mass is 498 g/mol. The van der Waals surface area contributed by atoms with E-state index in [4.69, 9.17) is 21.1 Å². The maximum atomic E-state index is 12.9. The van der Waals surface area contributed by atoms with Crippen LogP contribution in [0, 0.1) is 0 Å². The Bertz CT molecular complexity index is 1060. The van der Waals surface area contributed by atoms with Crippen molar-refractivity contribution in [1.82, 2.24) is 14.8 Å². The average Bonchev–Trinajstić information content (AvgIpc) is 2.82. The zero-order valence-electron chi connectivity index (χ0n) is 19.0. The molecule has 0 N–H and O–H groups in total. The number of rotatable bonds is 5. The third-order valence-corrected chi connectivity index (χ3v) is 6.52. The summed E-state index contributed by atoms with van der Waals surface area (Å²) in [5, 5.41) is -0.0476. The van der Waals surface area contributed by atoms with Gasteiger partial charge in [0.15, 0.2) is 11.5 Å². The number of nitrogens with zero attached hydrogens (tertiary/aromatic N) is 4. The summed E-state index contributed by atoms with van der Waals surface area (Å²) in [5.74, 6) is 1.70. The number of amides is 1. The summed E-state index contributed by atoms with van der Waals surface area (Å²) in [5.41, 5.74) is 1.43. The van der Waals surface area contributed by atoms with E-state index in [9.17, 15) is 18.0 Å². The number of carbonyl (C=O) groups excluding carboxylic acids is 1. The molecule has 1 aromatic heterocycles. The van der Waals surface area contributed by atoms with Crippen LogP contribution < -0.4 is 14.4 Å². The normalized spacial score (nSPS) is 16.9. The molecule has 0 saturated carbocycles. The molecular formula is C23H26ClF3N4O3. The summed E-state index contributed by atoms with van der Waals surface area (Å²) in [6.45, 7) is 3.51. The van der Waals surface area contributed by atoms with Gasteiger partial charge in [0, 0.05) is 45.5 Å². The summed E-state index contributed by atoms with van der Waals surface area (Å²) in [6, 6.07) is 4.84. The smallest absolute Gasteiger partial charge is 0.417 e. The van der Waals surface area contributed by atoms with Crippen LogP contribution in [0.1, 0.15) is 16.7 Å². The molecule has 0 unspecified atom stereocenters. The predicted octanol–water partition coefficient (Wildman–Crippen LogP) is 3.48. The molecule has 11 heteroatoms. The van der Waals surface area contributed by atoms with Crippen molar-refractivity contribution in [1.29, 1.82) is 0 Å². The second kappa shape index (κ2) is 9.87. The fraction of sp³-hybridized carbons (Fsp3) is 0.478. The van der Waals surface area contributed by atoms with Crippen LogP contribution in [0.3, 0.4) is 0 Å². The van der Waals surface area contributed by atoms with Crippen LogP contribution in [0.2, 0.25) is 5.02 Å². The molecule has 7 nitrogen and oxygen atoms in total. The number of fused-ring (bicyclic) bond motifs is 1. The molecule has 2 aliphatic rings. The number of alkyl halides is 3. The molecule has 0 aliphatic carbocycles. The fourth-order valence-corrected chi connectivity index (χ4v) is 4.64. The summed E-state index contributed by atoms with van der Waals surface area (Å²) in [7, 11) is 3.21. The first-order valence-corrected chi connectivity index (χ1v) is 11.3. The van der Waals surface area contributed by atoms with Crippen LogP contribution >= 0.6 is 11.6 Å². The van der Waals surface area contributed by atoms with Crippen LogP contribution in [0.25, 0.3) is 0 Å². The summed E-state index contributed by atoms with van der Waals surface area (Å²) in [4.78, 5) is 22.5.